The molecular weight excluding hydrogens is 314 g/mol. The average molecular weight is 339 g/mol. The summed E-state index contributed by atoms with van der Waals surface area (Å²) < 4.78 is 1.67. The molecule has 0 radical (unpaired) electrons. The first kappa shape index (κ1) is 16.2. The normalized spacial score (nSPS) is 21.6. The predicted octanol–water partition coefficient (Wildman–Crippen LogP) is 2.99. The van der Waals surface area contributed by atoms with Gasteiger partial charge in [-0.3, -0.25) is 4.79 Å². The van der Waals surface area contributed by atoms with Crippen LogP contribution < -0.4 is 0 Å². The monoisotopic (exact) mass is 339 g/mol. The van der Waals surface area contributed by atoms with E-state index < -0.39 is 0 Å². The number of carbonyl (C=O) groups excluding carboxylic acids is 1. The summed E-state index contributed by atoms with van der Waals surface area (Å²) >= 11 is 0. The second kappa shape index (κ2) is 5.64. The molecule has 4 rings (SSSR count). The fraction of sp³-hybridized carbons (Fsp3) is 0.579. The Morgan fingerprint density at radius 2 is 1.84 bits per heavy atom. The number of carbonyl (C=O) groups is 1. The molecule has 0 aromatic carbocycles. The van der Waals surface area contributed by atoms with Gasteiger partial charge in [0.05, 0.1) is 0 Å². The van der Waals surface area contributed by atoms with Gasteiger partial charge < -0.3 is 4.90 Å². The zero-order valence-electron chi connectivity index (χ0n) is 15.4. The first-order valence-electron chi connectivity index (χ1n) is 9.07. The minimum Gasteiger partial charge on any atom is -0.334 e. The molecule has 25 heavy (non-hydrogen) atoms. The molecule has 1 spiro atoms. The van der Waals surface area contributed by atoms with Crippen LogP contribution in [-0.2, 0) is 0 Å². The number of aryl methyl sites for hydroxylation is 3. The lowest BCUT2D eigenvalue weighted by atomic mass is 9.68. The summed E-state index contributed by atoms with van der Waals surface area (Å²) in [4.78, 5) is 24.0. The topological polar surface area (TPSA) is 63.9 Å². The number of hydrogen-bond acceptors (Lipinski definition) is 4. The van der Waals surface area contributed by atoms with Crippen molar-refractivity contribution in [3.63, 3.8) is 0 Å². The highest BCUT2D eigenvalue weighted by Crippen LogP contribution is 2.50. The maximum Gasteiger partial charge on any atom is 0.274 e. The summed E-state index contributed by atoms with van der Waals surface area (Å²) in [5, 5.41) is 4.53. The Hall–Kier alpha value is -2.24. The van der Waals surface area contributed by atoms with Crippen molar-refractivity contribution in [1.82, 2.24) is 24.6 Å². The number of aromatic nitrogens is 4. The molecule has 1 atom stereocenters. The van der Waals surface area contributed by atoms with Crippen LogP contribution in [0.1, 0.15) is 60.2 Å². The SMILES string of the molecule is Cc1cc(C)nc(-n2nc(C(=O)N3CC4(CCC4)CC3C)cc2C)n1. The number of amides is 1. The molecule has 1 saturated carbocycles. The average Bonchev–Trinajstić information content (AvgIpc) is 3.06. The summed E-state index contributed by atoms with van der Waals surface area (Å²) in [6.45, 7) is 8.84. The van der Waals surface area contributed by atoms with E-state index >= 15 is 0 Å². The smallest absolute Gasteiger partial charge is 0.274 e. The lowest BCUT2D eigenvalue weighted by molar-refractivity contribution is 0.0694. The van der Waals surface area contributed by atoms with Crippen LogP contribution in [0.15, 0.2) is 12.1 Å². The summed E-state index contributed by atoms with van der Waals surface area (Å²) in [7, 11) is 0. The summed E-state index contributed by atoms with van der Waals surface area (Å²) in [6.07, 6.45) is 4.93. The van der Waals surface area contributed by atoms with E-state index in [2.05, 4.69) is 22.0 Å². The van der Waals surface area contributed by atoms with E-state index in [0.717, 1.165) is 30.0 Å². The molecule has 1 saturated heterocycles. The van der Waals surface area contributed by atoms with Crippen molar-refractivity contribution in [2.24, 2.45) is 5.41 Å². The minimum absolute atomic E-state index is 0.0301. The summed E-state index contributed by atoms with van der Waals surface area (Å²) in [6, 6.07) is 4.07. The third-order valence-corrected chi connectivity index (χ3v) is 5.71. The number of rotatable bonds is 2. The molecular formula is C19H25N5O. The van der Waals surface area contributed by atoms with Gasteiger partial charge in [-0.25, -0.2) is 14.6 Å². The molecule has 3 heterocycles. The van der Waals surface area contributed by atoms with Gasteiger partial charge in [0, 0.05) is 29.7 Å². The van der Waals surface area contributed by atoms with Crippen molar-refractivity contribution >= 4 is 5.91 Å². The lowest BCUT2D eigenvalue weighted by Gasteiger charge is -2.37. The maximum atomic E-state index is 13.0. The van der Waals surface area contributed by atoms with E-state index in [1.165, 1.54) is 19.3 Å². The van der Waals surface area contributed by atoms with Crippen molar-refractivity contribution in [3.05, 3.63) is 34.9 Å². The van der Waals surface area contributed by atoms with Gasteiger partial charge in [0.1, 0.15) is 0 Å². The van der Waals surface area contributed by atoms with Gasteiger partial charge in [-0.1, -0.05) is 6.42 Å². The Kier molecular flexibility index (Phi) is 3.67. The van der Waals surface area contributed by atoms with E-state index in [1.807, 2.05) is 37.8 Å². The fourth-order valence-electron chi connectivity index (χ4n) is 4.36. The first-order chi connectivity index (χ1) is 11.9. The van der Waals surface area contributed by atoms with Crippen LogP contribution in [0, 0.1) is 26.2 Å². The van der Waals surface area contributed by atoms with Crippen molar-refractivity contribution in [1.29, 1.82) is 0 Å². The van der Waals surface area contributed by atoms with Crippen LogP contribution in [0.3, 0.4) is 0 Å². The molecule has 2 aliphatic rings. The van der Waals surface area contributed by atoms with E-state index in [9.17, 15) is 4.79 Å². The highest BCUT2D eigenvalue weighted by molar-refractivity contribution is 5.93. The quantitative estimate of drug-likeness (QED) is 0.844. The van der Waals surface area contributed by atoms with Gasteiger partial charge in [-0.15, -0.1) is 0 Å². The molecule has 6 heteroatoms. The molecule has 2 aromatic heterocycles. The largest absolute Gasteiger partial charge is 0.334 e. The molecule has 1 unspecified atom stereocenters. The van der Waals surface area contributed by atoms with Crippen LogP contribution in [0.5, 0.6) is 0 Å². The molecule has 1 amide bonds. The fourth-order valence-corrected chi connectivity index (χ4v) is 4.36. The van der Waals surface area contributed by atoms with Crippen molar-refractivity contribution in [2.45, 2.75) is 59.4 Å². The summed E-state index contributed by atoms with van der Waals surface area (Å²) in [5.74, 6) is 0.557. The Labute approximate surface area is 148 Å². The Balaban J connectivity index is 1.62. The third kappa shape index (κ3) is 2.73. The van der Waals surface area contributed by atoms with Gasteiger partial charge in [0.25, 0.3) is 11.9 Å². The van der Waals surface area contributed by atoms with Gasteiger partial charge in [0.2, 0.25) is 0 Å². The molecule has 132 valence electrons. The number of likely N-dealkylation sites (tertiary alicyclic amines) is 1. The van der Waals surface area contributed by atoms with Crippen LogP contribution in [0.2, 0.25) is 0 Å². The van der Waals surface area contributed by atoms with Crippen LogP contribution in [0.25, 0.3) is 5.95 Å². The Morgan fingerprint density at radius 1 is 1.16 bits per heavy atom. The Bertz CT molecular complexity index is 816. The van der Waals surface area contributed by atoms with Gasteiger partial charge in [0.15, 0.2) is 5.69 Å². The first-order valence-corrected chi connectivity index (χ1v) is 9.07. The summed E-state index contributed by atoms with van der Waals surface area (Å²) in [5.41, 5.74) is 3.53. The maximum absolute atomic E-state index is 13.0. The number of hydrogen-bond donors (Lipinski definition) is 0. The molecule has 1 aliphatic carbocycles. The molecule has 1 aliphatic heterocycles. The zero-order chi connectivity index (χ0) is 17.8. The highest BCUT2D eigenvalue weighted by atomic mass is 16.2. The van der Waals surface area contributed by atoms with Gasteiger partial charge >= 0.3 is 0 Å². The van der Waals surface area contributed by atoms with E-state index in [0.29, 0.717) is 17.1 Å². The third-order valence-electron chi connectivity index (χ3n) is 5.71. The molecule has 2 fully saturated rings. The van der Waals surface area contributed by atoms with Gasteiger partial charge in [-0.05, 0) is 64.5 Å². The van der Waals surface area contributed by atoms with E-state index in [4.69, 9.17) is 0 Å². The second-order valence-electron chi connectivity index (χ2n) is 7.87. The molecule has 6 nitrogen and oxygen atoms in total. The molecule has 2 aromatic rings. The Morgan fingerprint density at radius 3 is 2.40 bits per heavy atom. The van der Waals surface area contributed by atoms with E-state index in [1.54, 1.807) is 4.68 Å². The highest BCUT2D eigenvalue weighted by Gasteiger charge is 2.47. The van der Waals surface area contributed by atoms with Crippen LogP contribution in [0.4, 0.5) is 0 Å². The predicted molar refractivity (Wildman–Crippen MR) is 94.8 cm³/mol. The van der Waals surface area contributed by atoms with Gasteiger partial charge in [-0.2, -0.15) is 5.10 Å². The zero-order valence-corrected chi connectivity index (χ0v) is 15.4. The molecule has 0 N–H and O–H groups in total. The van der Waals surface area contributed by atoms with Crippen molar-refractivity contribution in [3.8, 4) is 5.95 Å². The second-order valence-corrected chi connectivity index (χ2v) is 7.87. The standard InChI is InChI=1S/C19H25N5O/c1-12-8-13(2)21-18(20-12)24-14(3)9-16(22-24)17(25)23-11-19(6-5-7-19)10-15(23)4/h8-9,15H,5-7,10-11H2,1-4H3. The van der Waals surface area contributed by atoms with E-state index in [-0.39, 0.29) is 11.9 Å². The van der Waals surface area contributed by atoms with Crippen LogP contribution >= 0.6 is 0 Å². The lowest BCUT2D eigenvalue weighted by Crippen LogP contribution is -2.37. The van der Waals surface area contributed by atoms with Crippen LogP contribution in [-0.4, -0.2) is 43.1 Å². The van der Waals surface area contributed by atoms with Crippen molar-refractivity contribution in [2.75, 3.05) is 6.54 Å². The minimum atomic E-state index is 0.0301. The molecule has 0 bridgehead atoms. The number of nitrogens with zero attached hydrogens (tertiary/aromatic N) is 5. The van der Waals surface area contributed by atoms with Crippen molar-refractivity contribution < 1.29 is 4.79 Å².